The summed E-state index contributed by atoms with van der Waals surface area (Å²) in [7, 11) is 0. The monoisotopic (exact) mass is 488 g/mol. The van der Waals surface area contributed by atoms with Crippen molar-refractivity contribution in [1.29, 1.82) is 0 Å². The molecule has 12 nitrogen and oxygen atoms in total. The minimum atomic E-state index is -0.0768. The van der Waals surface area contributed by atoms with E-state index in [1.165, 1.54) is 5.70 Å². The van der Waals surface area contributed by atoms with Crippen molar-refractivity contribution in [2.45, 2.75) is 12.6 Å². The number of hydrogen-bond donors (Lipinski definition) is 5. The Hall–Kier alpha value is -3.74. The van der Waals surface area contributed by atoms with Crippen LogP contribution in [0.25, 0.3) is 5.57 Å². The third-order valence-electron chi connectivity index (χ3n) is 7.26. The number of imidazole rings is 1. The molecule has 0 saturated carbocycles. The molecular weight excluding hydrogens is 456 g/mol. The summed E-state index contributed by atoms with van der Waals surface area (Å²) in [5, 5.41) is 8.08. The van der Waals surface area contributed by atoms with Crippen molar-refractivity contribution >= 4 is 17.7 Å². The molecule has 5 aliphatic heterocycles. The van der Waals surface area contributed by atoms with Gasteiger partial charge in [-0.2, -0.15) is 0 Å². The molecule has 7 heterocycles. The van der Waals surface area contributed by atoms with E-state index in [0.717, 1.165) is 87.6 Å². The molecule has 188 valence electrons. The molecule has 2 aromatic rings. The van der Waals surface area contributed by atoms with Crippen LogP contribution >= 0.6 is 0 Å². The minimum absolute atomic E-state index is 0.0768. The van der Waals surface area contributed by atoms with Crippen molar-refractivity contribution in [3.63, 3.8) is 0 Å². The largest absolute Gasteiger partial charge is 0.348 e. The van der Waals surface area contributed by atoms with E-state index < -0.39 is 0 Å². The van der Waals surface area contributed by atoms with E-state index in [-0.39, 0.29) is 6.17 Å². The highest BCUT2D eigenvalue weighted by molar-refractivity contribution is 5.85. The fourth-order valence-electron chi connectivity index (χ4n) is 5.73. The van der Waals surface area contributed by atoms with Gasteiger partial charge in [0, 0.05) is 57.5 Å². The van der Waals surface area contributed by atoms with Gasteiger partial charge in [0.1, 0.15) is 23.5 Å². The van der Waals surface area contributed by atoms with Gasteiger partial charge in [0.15, 0.2) is 5.82 Å². The SMILES string of the molecule is C1=CNN(C2=C(N3CCCN3)C(c3ncc[nH]3)=C(N3C=NCC3)C(N3CCNC3)N2c2ccc[nH]2)C1. The summed E-state index contributed by atoms with van der Waals surface area (Å²) in [6, 6.07) is 4.22. The van der Waals surface area contributed by atoms with Crippen molar-refractivity contribution in [3.05, 3.63) is 66.0 Å². The Morgan fingerprint density at radius 3 is 2.69 bits per heavy atom. The van der Waals surface area contributed by atoms with E-state index in [4.69, 9.17) is 4.98 Å². The Bertz CT molecular complexity index is 1170. The summed E-state index contributed by atoms with van der Waals surface area (Å²) >= 11 is 0. The highest BCUT2D eigenvalue weighted by atomic mass is 15.6. The highest BCUT2D eigenvalue weighted by Gasteiger charge is 2.47. The molecule has 2 fully saturated rings. The van der Waals surface area contributed by atoms with Gasteiger partial charge in [-0.15, -0.1) is 0 Å². The fourth-order valence-corrected chi connectivity index (χ4v) is 5.73. The van der Waals surface area contributed by atoms with Crippen LogP contribution in [0.4, 0.5) is 5.82 Å². The van der Waals surface area contributed by atoms with Crippen LogP contribution < -0.4 is 21.1 Å². The topological polar surface area (TPSA) is 109 Å². The summed E-state index contributed by atoms with van der Waals surface area (Å²) in [6.07, 6.45) is 12.9. The molecule has 1 atom stereocenters. The molecule has 0 radical (unpaired) electrons. The standard InChI is InChI=1S/C24H32N12/c1-4-18(27-5-1)36-23(33-15-11-26-17-33)20(32-14-10-25-16-32)19(22-28-8-9-29-22)21(34-12-2-6-30-34)24(36)35-13-3-7-31-35/h1,3-5,7-9,16,23,26-27,30-31H,2,6,10-15,17H2,(H,28,29). The van der Waals surface area contributed by atoms with Crippen LogP contribution in [0.3, 0.4) is 0 Å². The minimum Gasteiger partial charge on any atom is -0.348 e. The van der Waals surface area contributed by atoms with Gasteiger partial charge in [0.25, 0.3) is 0 Å². The fraction of sp³-hybridized carbons (Fsp3) is 0.417. The van der Waals surface area contributed by atoms with E-state index in [1.807, 2.05) is 31.1 Å². The zero-order chi connectivity index (χ0) is 23.9. The smallest absolute Gasteiger partial charge is 0.157 e. The second-order valence-corrected chi connectivity index (χ2v) is 9.41. The van der Waals surface area contributed by atoms with Crippen LogP contribution in [-0.4, -0.2) is 99.8 Å². The zero-order valence-corrected chi connectivity index (χ0v) is 20.2. The molecule has 5 aliphatic rings. The number of rotatable bonds is 6. The Morgan fingerprint density at radius 1 is 1.03 bits per heavy atom. The zero-order valence-electron chi connectivity index (χ0n) is 20.2. The molecule has 0 amide bonds. The summed E-state index contributed by atoms with van der Waals surface area (Å²) in [5.41, 5.74) is 10.5. The predicted molar refractivity (Wildman–Crippen MR) is 138 cm³/mol. The quantitative estimate of drug-likeness (QED) is 0.390. The number of hydrazine groups is 2. The van der Waals surface area contributed by atoms with Crippen molar-refractivity contribution in [2.75, 3.05) is 57.4 Å². The maximum atomic E-state index is 4.80. The first-order valence-electron chi connectivity index (χ1n) is 12.7. The molecular formula is C24H32N12. The maximum absolute atomic E-state index is 4.80. The van der Waals surface area contributed by atoms with Crippen molar-refractivity contribution < 1.29 is 0 Å². The molecule has 12 heteroatoms. The van der Waals surface area contributed by atoms with Crippen molar-refractivity contribution in [3.8, 4) is 0 Å². The Balaban J connectivity index is 1.54. The van der Waals surface area contributed by atoms with Gasteiger partial charge < -0.3 is 30.6 Å². The third kappa shape index (κ3) is 3.48. The molecule has 7 rings (SSSR count). The molecule has 1 unspecified atom stereocenters. The first kappa shape index (κ1) is 21.5. The van der Waals surface area contributed by atoms with Crippen LogP contribution in [0.2, 0.25) is 0 Å². The average Bonchev–Trinajstić information content (AvgIpc) is 3.78. The Morgan fingerprint density at radius 2 is 2.03 bits per heavy atom. The maximum Gasteiger partial charge on any atom is 0.157 e. The van der Waals surface area contributed by atoms with Crippen LogP contribution in [0.5, 0.6) is 0 Å². The molecule has 36 heavy (non-hydrogen) atoms. The van der Waals surface area contributed by atoms with Gasteiger partial charge in [0.05, 0.1) is 37.4 Å². The van der Waals surface area contributed by atoms with E-state index in [0.29, 0.717) is 0 Å². The van der Waals surface area contributed by atoms with E-state index >= 15 is 0 Å². The molecule has 0 aromatic carbocycles. The number of aromatic amines is 2. The molecule has 2 aromatic heterocycles. The number of H-pyrrole nitrogens is 2. The molecule has 0 bridgehead atoms. The summed E-state index contributed by atoms with van der Waals surface area (Å²) < 4.78 is 0. The lowest BCUT2D eigenvalue weighted by Crippen LogP contribution is -2.59. The van der Waals surface area contributed by atoms with Gasteiger partial charge in [-0.1, -0.05) is 0 Å². The second kappa shape index (κ2) is 9.04. The number of allylic oxidation sites excluding steroid dienone is 1. The molecule has 5 N–H and O–H groups in total. The second-order valence-electron chi connectivity index (χ2n) is 9.41. The van der Waals surface area contributed by atoms with Crippen LogP contribution in [0.1, 0.15) is 12.2 Å². The summed E-state index contributed by atoms with van der Waals surface area (Å²) in [5.74, 6) is 2.99. The average molecular weight is 489 g/mol. The molecule has 0 spiro atoms. The van der Waals surface area contributed by atoms with Crippen molar-refractivity contribution in [1.82, 2.24) is 50.9 Å². The van der Waals surface area contributed by atoms with Crippen LogP contribution in [-0.2, 0) is 0 Å². The Labute approximate surface area is 210 Å². The number of nitrogens with zero attached hydrogens (tertiary/aromatic N) is 7. The van der Waals surface area contributed by atoms with Crippen LogP contribution in [0, 0.1) is 0 Å². The van der Waals surface area contributed by atoms with E-state index in [1.54, 1.807) is 0 Å². The van der Waals surface area contributed by atoms with Gasteiger partial charge in [0.2, 0.25) is 0 Å². The van der Waals surface area contributed by atoms with Gasteiger partial charge in [-0.05, 0) is 24.6 Å². The van der Waals surface area contributed by atoms with Gasteiger partial charge >= 0.3 is 0 Å². The lowest BCUT2D eigenvalue weighted by Gasteiger charge is -2.49. The number of hydrogen-bond acceptors (Lipinski definition) is 10. The summed E-state index contributed by atoms with van der Waals surface area (Å²) in [6.45, 7) is 6.95. The number of aromatic nitrogens is 3. The number of aliphatic imine (C=N–C) groups is 1. The summed E-state index contributed by atoms with van der Waals surface area (Å²) in [4.78, 5) is 23.6. The number of nitrogens with one attached hydrogen (secondary N) is 5. The van der Waals surface area contributed by atoms with Gasteiger partial charge in [-0.3, -0.25) is 19.8 Å². The van der Waals surface area contributed by atoms with Gasteiger partial charge in [-0.25, -0.2) is 10.4 Å². The Kier molecular flexibility index (Phi) is 5.41. The molecule has 2 saturated heterocycles. The number of anilines is 1. The first-order chi connectivity index (χ1) is 17.9. The first-order valence-corrected chi connectivity index (χ1v) is 12.7. The van der Waals surface area contributed by atoms with Crippen LogP contribution in [0.15, 0.2) is 65.2 Å². The normalized spacial score (nSPS) is 24.8. The lowest BCUT2D eigenvalue weighted by molar-refractivity contribution is 0.206. The predicted octanol–water partition coefficient (Wildman–Crippen LogP) is 0.215. The van der Waals surface area contributed by atoms with Crippen molar-refractivity contribution in [2.24, 2.45) is 4.99 Å². The highest BCUT2D eigenvalue weighted by Crippen LogP contribution is 2.44. The lowest BCUT2D eigenvalue weighted by atomic mass is 9.98. The van der Waals surface area contributed by atoms with E-state index in [9.17, 15) is 0 Å². The molecule has 0 aliphatic carbocycles. The van der Waals surface area contributed by atoms with E-state index in [2.05, 4.69) is 74.1 Å². The third-order valence-corrected chi connectivity index (χ3v) is 7.26.